The van der Waals surface area contributed by atoms with Gasteiger partial charge in [-0.25, -0.2) is 0 Å². The van der Waals surface area contributed by atoms with Gasteiger partial charge in [-0.05, 0) is 39.3 Å². The average molecular weight is 223 g/mol. The van der Waals surface area contributed by atoms with E-state index in [2.05, 4.69) is 29.4 Å². The zero-order valence-corrected chi connectivity index (χ0v) is 10.4. The van der Waals surface area contributed by atoms with Crippen LogP contribution in [0.15, 0.2) is 10.2 Å². The highest BCUT2D eigenvalue weighted by atomic mass is 16.5. The van der Waals surface area contributed by atoms with E-state index in [0.29, 0.717) is 5.92 Å². The van der Waals surface area contributed by atoms with Gasteiger partial charge in [-0.15, -0.1) is 5.10 Å². The van der Waals surface area contributed by atoms with Gasteiger partial charge < -0.3 is 10.1 Å². The van der Waals surface area contributed by atoms with Gasteiger partial charge in [0.15, 0.2) is 0 Å². The van der Waals surface area contributed by atoms with Crippen LogP contribution in [0.1, 0.15) is 33.1 Å². The van der Waals surface area contributed by atoms with E-state index in [0.717, 1.165) is 25.4 Å². The van der Waals surface area contributed by atoms with Gasteiger partial charge in [0, 0.05) is 5.92 Å². The molecule has 90 valence electrons. The smallest absolute Gasteiger partial charge is 0.220 e. The van der Waals surface area contributed by atoms with Crippen LogP contribution in [0, 0.1) is 11.3 Å². The lowest BCUT2D eigenvalue weighted by molar-refractivity contribution is 0.342. The second-order valence-electron chi connectivity index (χ2n) is 4.80. The Morgan fingerprint density at radius 2 is 2.06 bits per heavy atom. The predicted molar refractivity (Wildman–Crippen MR) is 65.9 cm³/mol. The normalized spacial score (nSPS) is 31.2. The Labute approximate surface area is 97.2 Å². The molecule has 0 radical (unpaired) electrons. The first kappa shape index (κ1) is 11.6. The summed E-state index contributed by atoms with van der Waals surface area (Å²) in [5.41, 5.74) is 1.16. The fraction of sp³-hybridized carbons (Fsp3) is 0.833. The molecule has 4 nitrogen and oxygen atoms in total. The van der Waals surface area contributed by atoms with Crippen LogP contribution < -0.4 is 5.32 Å². The van der Waals surface area contributed by atoms with Crippen molar-refractivity contribution in [1.82, 2.24) is 5.32 Å². The third kappa shape index (κ3) is 1.75. The molecule has 0 aromatic heterocycles. The van der Waals surface area contributed by atoms with Gasteiger partial charge in [0.05, 0.1) is 18.2 Å². The molecule has 1 atom stereocenters. The summed E-state index contributed by atoms with van der Waals surface area (Å²) in [5, 5.41) is 12.0. The predicted octanol–water partition coefficient (Wildman–Crippen LogP) is 1.82. The first-order valence-corrected chi connectivity index (χ1v) is 6.13. The molecule has 0 aromatic carbocycles. The molecule has 0 amide bonds. The Morgan fingerprint density at radius 1 is 1.38 bits per heavy atom. The van der Waals surface area contributed by atoms with E-state index in [1.807, 2.05) is 0 Å². The Balaban J connectivity index is 2.17. The third-order valence-electron chi connectivity index (χ3n) is 3.91. The van der Waals surface area contributed by atoms with Crippen molar-refractivity contribution in [3.05, 3.63) is 0 Å². The number of ether oxygens (including phenoxy) is 1. The summed E-state index contributed by atoms with van der Waals surface area (Å²) in [6.45, 7) is 6.55. The Hall–Kier alpha value is -0.900. The van der Waals surface area contributed by atoms with Gasteiger partial charge in [-0.1, -0.05) is 6.92 Å². The fourth-order valence-electron chi connectivity index (χ4n) is 2.66. The number of hydrogen-bond donors (Lipinski definition) is 1. The van der Waals surface area contributed by atoms with Crippen molar-refractivity contribution in [3.8, 4) is 0 Å². The number of nitrogens with one attached hydrogen (secondary N) is 1. The highest BCUT2D eigenvalue weighted by Gasteiger charge is 2.43. The van der Waals surface area contributed by atoms with Gasteiger partial charge in [-0.2, -0.15) is 5.10 Å². The lowest BCUT2D eigenvalue weighted by Gasteiger charge is -2.32. The first-order chi connectivity index (χ1) is 7.72. The molecule has 2 rings (SSSR count). The molecule has 4 heteroatoms. The number of hydrogen-bond acceptors (Lipinski definition) is 4. The van der Waals surface area contributed by atoms with E-state index in [-0.39, 0.29) is 5.41 Å². The molecule has 0 unspecified atom stereocenters. The van der Waals surface area contributed by atoms with Crippen molar-refractivity contribution in [3.63, 3.8) is 0 Å². The molecule has 0 aromatic rings. The number of nitrogens with zero attached hydrogens (tertiary/aromatic N) is 2. The van der Waals surface area contributed by atoms with Crippen LogP contribution in [0.25, 0.3) is 0 Å². The van der Waals surface area contributed by atoms with Crippen molar-refractivity contribution in [2.75, 3.05) is 20.2 Å². The topological polar surface area (TPSA) is 46.0 Å². The second kappa shape index (κ2) is 4.53. The van der Waals surface area contributed by atoms with Crippen molar-refractivity contribution >= 4 is 11.6 Å². The summed E-state index contributed by atoms with van der Waals surface area (Å²) in [5.74, 6) is 1.35. The lowest BCUT2D eigenvalue weighted by Crippen LogP contribution is -2.41. The summed E-state index contributed by atoms with van der Waals surface area (Å²) < 4.78 is 5.36. The van der Waals surface area contributed by atoms with Gasteiger partial charge in [0.1, 0.15) is 0 Å². The van der Waals surface area contributed by atoms with Crippen LogP contribution in [0.3, 0.4) is 0 Å². The van der Waals surface area contributed by atoms with Crippen LogP contribution in [-0.2, 0) is 4.74 Å². The largest absolute Gasteiger partial charge is 0.482 e. The van der Waals surface area contributed by atoms with E-state index in [1.165, 1.54) is 18.6 Å². The second-order valence-corrected chi connectivity index (χ2v) is 4.80. The minimum Gasteiger partial charge on any atom is -0.482 e. The quantitative estimate of drug-likeness (QED) is 0.776. The summed E-state index contributed by atoms with van der Waals surface area (Å²) in [6, 6.07) is 0. The molecule has 1 N–H and O–H groups in total. The molecular weight excluding hydrogens is 202 g/mol. The van der Waals surface area contributed by atoms with E-state index in [4.69, 9.17) is 4.74 Å². The van der Waals surface area contributed by atoms with Crippen LogP contribution in [0.4, 0.5) is 0 Å². The van der Waals surface area contributed by atoms with Crippen LogP contribution in [0.2, 0.25) is 0 Å². The van der Waals surface area contributed by atoms with E-state index in [9.17, 15) is 0 Å². The highest BCUT2D eigenvalue weighted by molar-refractivity contribution is 6.12. The third-order valence-corrected chi connectivity index (χ3v) is 3.91. The van der Waals surface area contributed by atoms with Gasteiger partial charge in [0.25, 0.3) is 0 Å². The minimum absolute atomic E-state index is 0.0727. The molecule has 0 saturated carbocycles. The van der Waals surface area contributed by atoms with Crippen LogP contribution >= 0.6 is 0 Å². The summed E-state index contributed by atoms with van der Waals surface area (Å²) in [6.07, 6.45) is 3.34. The Kier molecular flexibility index (Phi) is 3.28. The van der Waals surface area contributed by atoms with Gasteiger partial charge in [-0.3, -0.25) is 0 Å². The highest BCUT2D eigenvalue weighted by Crippen LogP contribution is 2.36. The SMILES string of the molecule is CC[C@]1(C)C(OC)=NN=C1C1CCNCC1. The lowest BCUT2D eigenvalue weighted by atomic mass is 9.74. The van der Waals surface area contributed by atoms with Gasteiger partial charge >= 0.3 is 0 Å². The minimum atomic E-state index is -0.0727. The first-order valence-electron chi connectivity index (χ1n) is 6.13. The van der Waals surface area contributed by atoms with Crippen molar-refractivity contribution in [1.29, 1.82) is 0 Å². The molecular formula is C12H21N3O. The summed E-state index contributed by atoms with van der Waals surface area (Å²) >= 11 is 0. The number of methoxy groups -OCH3 is 1. The summed E-state index contributed by atoms with van der Waals surface area (Å²) in [4.78, 5) is 0. The van der Waals surface area contributed by atoms with E-state index >= 15 is 0 Å². The zero-order valence-electron chi connectivity index (χ0n) is 10.4. The van der Waals surface area contributed by atoms with Crippen molar-refractivity contribution in [2.45, 2.75) is 33.1 Å². The number of rotatable bonds is 2. The van der Waals surface area contributed by atoms with Crippen LogP contribution in [-0.4, -0.2) is 31.8 Å². The molecule has 1 fully saturated rings. The maximum absolute atomic E-state index is 5.36. The molecule has 2 heterocycles. The van der Waals surface area contributed by atoms with Crippen LogP contribution in [0.5, 0.6) is 0 Å². The molecule has 1 saturated heterocycles. The Bertz CT molecular complexity index is 318. The van der Waals surface area contributed by atoms with E-state index < -0.39 is 0 Å². The Morgan fingerprint density at radius 3 is 2.62 bits per heavy atom. The monoisotopic (exact) mass is 223 g/mol. The molecule has 16 heavy (non-hydrogen) atoms. The molecule has 0 bridgehead atoms. The fourth-order valence-corrected chi connectivity index (χ4v) is 2.66. The van der Waals surface area contributed by atoms with E-state index in [1.54, 1.807) is 7.11 Å². The van der Waals surface area contributed by atoms with Crippen molar-refractivity contribution < 1.29 is 4.74 Å². The summed E-state index contributed by atoms with van der Waals surface area (Å²) in [7, 11) is 1.69. The molecule has 0 spiro atoms. The maximum Gasteiger partial charge on any atom is 0.220 e. The average Bonchev–Trinajstić information content (AvgIpc) is 2.68. The molecule has 2 aliphatic heterocycles. The van der Waals surface area contributed by atoms with Crippen molar-refractivity contribution in [2.24, 2.45) is 21.5 Å². The zero-order chi connectivity index (χ0) is 11.6. The standard InChI is InChI=1S/C12H21N3O/c1-4-12(2)10(14-15-11(12)16-3)9-5-7-13-8-6-9/h9,13H,4-8H2,1-3H3/t12-/m0/s1. The van der Waals surface area contributed by atoms with Gasteiger partial charge in [0.2, 0.25) is 5.90 Å². The molecule has 0 aliphatic carbocycles. The maximum atomic E-state index is 5.36. The number of piperidine rings is 1. The molecule has 2 aliphatic rings.